The predicted molar refractivity (Wildman–Crippen MR) is 77.1 cm³/mol. The third-order valence-electron chi connectivity index (χ3n) is 2.05. The molecule has 0 rings (SSSR count). The van der Waals surface area contributed by atoms with E-state index >= 15 is 0 Å². The zero-order valence-corrected chi connectivity index (χ0v) is 14.0. The van der Waals surface area contributed by atoms with Crippen molar-refractivity contribution in [3.8, 4) is 0 Å². The normalized spacial score (nSPS) is 13.1. The van der Waals surface area contributed by atoms with Gasteiger partial charge in [0, 0.05) is 6.08 Å². The molecule has 0 aromatic rings. The fourth-order valence-electron chi connectivity index (χ4n) is 1.73. The highest BCUT2D eigenvalue weighted by Crippen LogP contribution is 2.19. The Labute approximate surface area is 107 Å². The van der Waals surface area contributed by atoms with Crippen LogP contribution in [0.1, 0.15) is 13.3 Å². The maximum absolute atomic E-state index is 11.1. The van der Waals surface area contributed by atoms with E-state index in [1.807, 2.05) is 0 Å². The van der Waals surface area contributed by atoms with Gasteiger partial charge in [-0.2, -0.15) is 0 Å². The molecule has 5 heteroatoms. The number of esters is 1. The van der Waals surface area contributed by atoms with Gasteiger partial charge in [-0.15, -0.1) is 0 Å². The molecule has 0 heterocycles. The minimum Gasteiger partial charge on any atom is -0.463 e. The highest BCUT2D eigenvalue weighted by atomic mass is 28.4. The van der Waals surface area contributed by atoms with Crippen LogP contribution in [0.25, 0.3) is 0 Å². The standard InChI is InChI=1S/C12H26O3Si2/c1-7-9-12(13)14-10-8-11-17(5,6)15-16(2,3)4/h7,9H,8,10-11H2,1-6H3/b9-7+. The Morgan fingerprint density at radius 3 is 2.24 bits per heavy atom. The van der Waals surface area contributed by atoms with Crippen molar-refractivity contribution in [1.82, 2.24) is 0 Å². The molecular weight excluding hydrogens is 248 g/mol. The van der Waals surface area contributed by atoms with Crippen molar-refractivity contribution in [2.45, 2.75) is 52.1 Å². The molecule has 0 aromatic carbocycles. The van der Waals surface area contributed by atoms with Crippen LogP contribution in [0.5, 0.6) is 0 Å². The number of hydrogen-bond donors (Lipinski definition) is 0. The summed E-state index contributed by atoms with van der Waals surface area (Å²) in [6, 6.07) is 1.04. The van der Waals surface area contributed by atoms with Crippen molar-refractivity contribution in [3.63, 3.8) is 0 Å². The molecule has 0 N–H and O–H groups in total. The largest absolute Gasteiger partial charge is 0.463 e. The summed E-state index contributed by atoms with van der Waals surface area (Å²) in [6.07, 6.45) is 4.03. The minimum atomic E-state index is -1.58. The molecule has 0 spiro atoms. The Hall–Kier alpha value is -0.396. The van der Waals surface area contributed by atoms with Gasteiger partial charge in [0.15, 0.2) is 16.6 Å². The van der Waals surface area contributed by atoms with Crippen molar-refractivity contribution >= 4 is 22.6 Å². The lowest BCUT2D eigenvalue weighted by Gasteiger charge is -2.31. The second kappa shape index (κ2) is 7.13. The van der Waals surface area contributed by atoms with E-state index in [9.17, 15) is 4.79 Å². The molecule has 0 radical (unpaired) electrons. The molecule has 0 aromatic heterocycles. The van der Waals surface area contributed by atoms with Crippen LogP contribution in [0.15, 0.2) is 12.2 Å². The summed E-state index contributed by atoms with van der Waals surface area (Å²) in [6.45, 7) is 13.4. The van der Waals surface area contributed by atoms with Crippen LogP contribution in [-0.2, 0) is 13.6 Å². The van der Waals surface area contributed by atoms with E-state index in [-0.39, 0.29) is 5.97 Å². The molecule has 0 aliphatic carbocycles. The highest BCUT2D eigenvalue weighted by Gasteiger charge is 2.28. The van der Waals surface area contributed by atoms with E-state index < -0.39 is 16.6 Å². The van der Waals surface area contributed by atoms with Gasteiger partial charge in [0.2, 0.25) is 0 Å². The molecule has 3 nitrogen and oxygen atoms in total. The van der Waals surface area contributed by atoms with Crippen molar-refractivity contribution in [2.24, 2.45) is 0 Å². The fraction of sp³-hybridized carbons (Fsp3) is 0.750. The Morgan fingerprint density at radius 2 is 1.76 bits per heavy atom. The molecule has 100 valence electrons. The summed E-state index contributed by atoms with van der Waals surface area (Å²) in [4.78, 5) is 11.1. The molecule has 0 saturated carbocycles. The molecule has 0 fully saturated rings. The summed E-state index contributed by atoms with van der Waals surface area (Å²) in [5.41, 5.74) is 0. The van der Waals surface area contributed by atoms with Gasteiger partial charge >= 0.3 is 5.97 Å². The Morgan fingerprint density at radius 1 is 1.18 bits per heavy atom. The average Bonchev–Trinajstić information content (AvgIpc) is 2.09. The topological polar surface area (TPSA) is 35.5 Å². The third-order valence-corrected chi connectivity index (χ3v) is 8.27. The molecule has 17 heavy (non-hydrogen) atoms. The zero-order chi connectivity index (χ0) is 13.5. The molecule has 0 atom stereocenters. The Bertz CT molecular complexity index is 267. The van der Waals surface area contributed by atoms with Crippen molar-refractivity contribution in [1.29, 1.82) is 0 Å². The van der Waals surface area contributed by atoms with Crippen LogP contribution in [0.4, 0.5) is 0 Å². The number of rotatable bonds is 7. The maximum Gasteiger partial charge on any atom is 0.330 e. The number of carbonyl (C=O) groups is 1. The van der Waals surface area contributed by atoms with Crippen molar-refractivity contribution < 1.29 is 13.6 Å². The molecule has 0 aliphatic heterocycles. The molecule has 0 aliphatic rings. The first-order valence-electron chi connectivity index (χ1n) is 6.16. The SMILES string of the molecule is C/C=C/C(=O)OCCC[Si](C)(C)O[Si](C)(C)C. The van der Waals surface area contributed by atoms with E-state index in [0.717, 1.165) is 12.5 Å². The number of ether oxygens (including phenoxy) is 1. The molecular formula is C12H26O3Si2. The van der Waals surface area contributed by atoms with Gasteiger partial charge in [-0.05, 0) is 52.1 Å². The van der Waals surface area contributed by atoms with Crippen LogP contribution in [0.3, 0.4) is 0 Å². The second-order valence-corrected chi connectivity index (χ2v) is 14.8. The van der Waals surface area contributed by atoms with Gasteiger partial charge in [0.05, 0.1) is 6.61 Å². The van der Waals surface area contributed by atoms with Gasteiger partial charge in [-0.25, -0.2) is 4.79 Å². The lowest BCUT2D eigenvalue weighted by molar-refractivity contribution is -0.137. The van der Waals surface area contributed by atoms with E-state index in [1.54, 1.807) is 13.0 Å². The molecule has 0 saturated heterocycles. The summed E-state index contributed by atoms with van der Waals surface area (Å²) < 4.78 is 11.3. The van der Waals surface area contributed by atoms with Crippen LogP contribution in [0, 0.1) is 0 Å². The van der Waals surface area contributed by atoms with E-state index in [1.165, 1.54) is 6.08 Å². The first-order chi connectivity index (χ1) is 7.66. The molecule has 0 bridgehead atoms. The molecule has 0 amide bonds. The monoisotopic (exact) mass is 274 g/mol. The van der Waals surface area contributed by atoms with Crippen LogP contribution in [-0.4, -0.2) is 29.2 Å². The van der Waals surface area contributed by atoms with Gasteiger partial charge in [0.25, 0.3) is 0 Å². The smallest absolute Gasteiger partial charge is 0.330 e. The van der Waals surface area contributed by atoms with Crippen molar-refractivity contribution in [2.75, 3.05) is 6.61 Å². The summed E-state index contributed by atoms with van der Waals surface area (Å²) in [5, 5.41) is 0. The zero-order valence-electron chi connectivity index (χ0n) is 12.0. The first kappa shape index (κ1) is 16.6. The Balaban J connectivity index is 3.84. The number of hydrogen-bond acceptors (Lipinski definition) is 3. The Kier molecular flexibility index (Phi) is 6.96. The summed E-state index contributed by atoms with van der Waals surface area (Å²) in [5.74, 6) is -0.252. The minimum absolute atomic E-state index is 0.252. The quantitative estimate of drug-likeness (QED) is 0.308. The number of carbonyl (C=O) groups excluding carboxylic acids is 1. The van der Waals surface area contributed by atoms with E-state index in [2.05, 4.69) is 32.7 Å². The van der Waals surface area contributed by atoms with Crippen molar-refractivity contribution in [3.05, 3.63) is 12.2 Å². The van der Waals surface area contributed by atoms with E-state index in [4.69, 9.17) is 8.85 Å². The van der Waals surface area contributed by atoms with Gasteiger partial charge < -0.3 is 8.85 Å². The van der Waals surface area contributed by atoms with Gasteiger partial charge in [0.1, 0.15) is 0 Å². The van der Waals surface area contributed by atoms with Gasteiger partial charge in [-0.3, -0.25) is 0 Å². The predicted octanol–water partition coefficient (Wildman–Crippen LogP) is 3.55. The molecule has 0 unspecified atom stereocenters. The summed E-state index contributed by atoms with van der Waals surface area (Å²) in [7, 11) is -3.02. The van der Waals surface area contributed by atoms with Crippen LogP contribution >= 0.6 is 0 Å². The van der Waals surface area contributed by atoms with Crippen LogP contribution in [0.2, 0.25) is 38.8 Å². The fourth-order valence-corrected chi connectivity index (χ4v) is 9.77. The lowest BCUT2D eigenvalue weighted by atomic mass is 10.5. The summed E-state index contributed by atoms with van der Waals surface area (Å²) >= 11 is 0. The van der Waals surface area contributed by atoms with Gasteiger partial charge in [-0.1, -0.05) is 6.08 Å². The number of allylic oxidation sites excluding steroid dienone is 1. The lowest BCUT2D eigenvalue weighted by Crippen LogP contribution is -2.42. The second-order valence-electron chi connectivity index (χ2n) is 5.75. The average molecular weight is 275 g/mol. The maximum atomic E-state index is 11.1. The first-order valence-corrected chi connectivity index (χ1v) is 12.7. The highest BCUT2D eigenvalue weighted by molar-refractivity contribution is 6.84. The third kappa shape index (κ3) is 10.5. The van der Waals surface area contributed by atoms with E-state index in [0.29, 0.717) is 6.61 Å². The van der Waals surface area contributed by atoms with Crippen LogP contribution < -0.4 is 0 Å².